The Morgan fingerprint density at radius 1 is 1.29 bits per heavy atom. The highest BCUT2D eigenvalue weighted by Gasteiger charge is 2.17. The lowest BCUT2D eigenvalue weighted by Crippen LogP contribution is -3.00. The van der Waals surface area contributed by atoms with Crippen LogP contribution in [0, 0.1) is 0 Å². The SMILES string of the molecule is CS(=O)(=O)NNC(=O)c1ccc[n+](CC(=O)c2ccc(Cl)s2)c1.[Br-]. The summed E-state index contributed by atoms with van der Waals surface area (Å²) in [5.74, 6) is -0.768. The first kappa shape index (κ1) is 20.7. The Kier molecular flexibility index (Phi) is 7.49. The van der Waals surface area contributed by atoms with Gasteiger partial charge >= 0.3 is 0 Å². The van der Waals surface area contributed by atoms with E-state index in [9.17, 15) is 18.0 Å². The lowest BCUT2D eigenvalue weighted by atomic mass is 10.2. The number of aromatic nitrogens is 1. The van der Waals surface area contributed by atoms with Gasteiger partial charge < -0.3 is 17.0 Å². The lowest BCUT2D eigenvalue weighted by Gasteiger charge is -2.04. The van der Waals surface area contributed by atoms with Gasteiger partial charge in [-0.1, -0.05) is 11.6 Å². The number of thiophene rings is 1. The van der Waals surface area contributed by atoms with Gasteiger partial charge in [0, 0.05) is 6.07 Å². The Morgan fingerprint density at radius 2 is 2.00 bits per heavy atom. The third kappa shape index (κ3) is 6.29. The van der Waals surface area contributed by atoms with Gasteiger partial charge in [0.15, 0.2) is 12.4 Å². The van der Waals surface area contributed by atoms with Crippen molar-refractivity contribution in [2.24, 2.45) is 0 Å². The summed E-state index contributed by atoms with van der Waals surface area (Å²) in [6, 6.07) is 6.37. The van der Waals surface area contributed by atoms with Gasteiger partial charge in [0.05, 0.1) is 15.5 Å². The Morgan fingerprint density at radius 3 is 2.58 bits per heavy atom. The fraction of sp³-hybridized carbons (Fsp3) is 0.154. The van der Waals surface area contributed by atoms with E-state index in [-0.39, 0.29) is 34.9 Å². The number of hydrazine groups is 1. The van der Waals surface area contributed by atoms with Crippen molar-refractivity contribution >= 4 is 44.7 Å². The van der Waals surface area contributed by atoms with E-state index in [4.69, 9.17) is 11.6 Å². The highest BCUT2D eigenvalue weighted by atomic mass is 79.9. The molecular formula is C13H13BrClN3O4S2. The number of carbonyl (C=O) groups is 2. The summed E-state index contributed by atoms with van der Waals surface area (Å²) in [5.41, 5.74) is 2.27. The largest absolute Gasteiger partial charge is 1.00 e. The first-order valence-electron chi connectivity index (χ1n) is 6.29. The minimum absolute atomic E-state index is 0. The van der Waals surface area contributed by atoms with E-state index in [0.717, 1.165) is 6.26 Å². The molecular weight excluding hydrogens is 442 g/mol. The number of Topliss-reactive ketones (excluding diaryl/α,β-unsaturated/α-hetero) is 1. The Labute approximate surface area is 158 Å². The van der Waals surface area contributed by atoms with E-state index >= 15 is 0 Å². The molecule has 0 aliphatic rings. The lowest BCUT2D eigenvalue weighted by molar-refractivity contribution is -0.683. The van der Waals surface area contributed by atoms with Crippen LogP contribution in [0.15, 0.2) is 36.7 Å². The van der Waals surface area contributed by atoms with Gasteiger partial charge in [0.1, 0.15) is 5.56 Å². The number of hydrogen-bond acceptors (Lipinski definition) is 5. The van der Waals surface area contributed by atoms with Crippen molar-refractivity contribution in [3.63, 3.8) is 0 Å². The molecule has 11 heteroatoms. The number of carbonyl (C=O) groups excluding carboxylic acids is 2. The van der Waals surface area contributed by atoms with Crippen molar-refractivity contribution in [1.29, 1.82) is 0 Å². The molecule has 0 spiro atoms. The third-order valence-corrected chi connectivity index (χ3v) is 4.39. The number of pyridine rings is 1. The summed E-state index contributed by atoms with van der Waals surface area (Å²) < 4.78 is 24.0. The summed E-state index contributed by atoms with van der Waals surface area (Å²) in [6.07, 6.45) is 4.00. The molecule has 2 rings (SSSR count). The van der Waals surface area contributed by atoms with Crippen molar-refractivity contribution in [2.75, 3.05) is 6.26 Å². The molecule has 2 aromatic heterocycles. The molecule has 24 heavy (non-hydrogen) atoms. The molecule has 130 valence electrons. The third-order valence-electron chi connectivity index (χ3n) is 2.64. The second-order valence-electron chi connectivity index (χ2n) is 4.62. The monoisotopic (exact) mass is 453 g/mol. The van der Waals surface area contributed by atoms with Crippen LogP contribution in [-0.2, 0) is 16.6 Å². The van der Waals surface area contributed by atoms with Crippen LogP contribution in [0.1, 0.15) is 20.0 Å². The number of halogens is 2. The fourth-order valence-electron chi connectivity index (χ4n) is 1.67. The summed E-state index contributed by atoms with van der Waals surface area (Å²) in [7, 11) is -3.54. The van der Waals surface area contributed by atoms with Crippen LogP contribution < -0.4 is 31.8 Å². The van der Waals surface area contributed by atoms with Crippen LogP contribution in [0.4, 0.5) is 0 Å². The molecule has 2 aromatic rings. The highest BCUT2D eigenvalue weighted by Crippen LogP contribution is 2.21. The van der Waals surface area contributed by atoms with Gasteiger partial charge in [-0.25, -0.2) is 8.42 Å². The standard InChI is InChI=1S/C13H12ClN3O4S2.BrH/c1-23(20,21)16-15-13(19)9-3-2-6-17(7-9)8-10(18)11-4-5-12(14)22-11;/h2-7,16H,8H2,1H3;1H. The molecule has 2 N–H and O–H groups in total. The Hall–Kier alpha value is -1.33. The predicted octanol–water partition coefficient (Wildman–Crippen LogP) is -2.23. The van der Waals surface area contributed by atoms with Gasteiger partial charge in [0.25, 0.3) is 5.91 Å². The van der Waals surface area contributed by atoms with Crippen molar-refractivity contribution in [3.05, 3.63) is 51.4 Å². The number of amides is 1. The molecule has 0 aliphatic heterocycles. The molecule has 2 heterocycles. The topological polar surface area (TPSA) is 96.2 Å². The second-order valence-corrected chi connectivity index (χ2v) is 8.08. The molecule has 0 aromatic carbocycles. The maximum absolute atomic E-state index is 12.1. The zero-order valence-electron chi connectivity index (χ0n) is 12.3. The predicted molar refractivity (Wildman–Crippen MR) is 85.7 cm³/mol. The number of ketones is 1. The molecule has 1 amide bonds. The minimum atomic E-state index is -3.54. The summed E-state index contributed by atoms with van der Waals surface area (Å²) in [5, 5.41) is 0. The normalized spacial score (nSPS) is 10.8. The summed E-state index contributed by atoms with van der Waals surface area (Å²) in [6.45, 7) is 0.0392. The zero-order chi connectivity index (χ0) is 17.0. The molecule has 0 saturated heterocycles. The summed E-state index contributed by atoms with van der Waals surface area (Å²) >= 11 is 6.98. The van der Waals surface area contributed by atoms with Gasteiger partial charge in [0.2, 0.25) is 22.4 Å². The molecule has 0 aliphatic carbocycles. The number of nitrogens with zero attached hydrogens (tertiary/aromatic N) is 1. The molecule has 0 atom stereocenters. The highest BCUT2D eigenvalue weighted by molar-refractivity contribution is 7.88. The maximum atomic E-state index is 12.1. The molecule has 0 bridgehead atoms. The van der Waals surface area contributed by atoms with Crippen LogP contribution in [0.2, 0.25) is 4.34 Å². The molecule has 0 unspecified atom stereocenters. The van der Waals surface area contributed by atoms with E-state index in [1.165, 1.54) is 28.2 Å². The Balaban J connectivity index is 0.00000288. The first-order chi connectivity index (χ1) is 10.7. The second kappa shape index (κ2) is 8.67. The van der Waals surface area contributed by atoms with Crippen LogP contribution in [0.3, 0.4) is 0 Å². The molecule has 0 radical (unpaired) electrons. The Bertz CT molecular complexity index is 854. The van der Waals surface area contributed by atoms with Crippen LogP contribution in [0.5, 0.6) is 0 Å². The van der Waals surface area contributed by atoms with Gasteiger partial charge in [-0.05, 0) is 18.2 Å². The maximum Gasteiger partial charge on any atom is 0.272 e. The van der Waals surface area contributed by atoms with E-state index in [1.807, 2.05) is 4.83 Å². The first-order valence-corrected chi connectivity index (χ1v) is 9.38. The number of rotatable bonds is 6. The van der Waals surface area contributed by atoms with E-state index in [0.29, 0.717) is 9.21 Å². The summed E-state index contributed by atoms with van der Waals surface area (Å²) in [4.78, 5) is 26.4. The smallest absolute Gasteiger partial charge is 0.272 e. The van der Waals surface area contributed by atoms with Crippen molar-refractivity contribution in [2.45, 2.75) is 6.54 Å². The molecule has 7 nitrogen and oxygen atoms in total. The van der Waals surface area contributed by atoms with E-state index in [1.54, 1.807) is 24.4 Å². The van der Waals surface area contributed by atoms with Crippen molar-refractivity contribution in [3.8, 4) is 0 Å². The fourth-order valence-corrected chi connectivity index (χ4v) is 2.92. The van der Waals surface area contributed by atoms with Crippen LogP contribution >= 0.6 is 22.9 Å². The van der Waals surface area contributed by atoms with Gasteiger partial charge in [-0.2, -0.15) is 4.57 Å². The number of sulfonamides is 1. The van der Waals surface area contributed by atoms with Gasteiger partial charge in [-0.3, -0.25) is 15.0 Å². The molecule has 0 fully saturated rings. The van der Waals surface area contributed by atoms with E-state index < -0.39 is 15.9 Å². The van der Waals surface area contributed by atoms with Crippen molar-refractivity contribution in [1.82, 2.24) is 10.3 Å². The van der Waals surface area contributed by atoms with Gasteiger partial charge in [-0.15, -0.1) is 16.2 Å². The minimum Gasteiger partial charge on any atom is -1.00 e. The number of nitrogens with one attached hydrogen (secondary N) is 2. The molecule has 0 saturated carbocycles. The van der Waals surface area contributed by atoms with Crippen molar-refractivity contribution < 1.29 is 39.6 Å². The van der Waals surface area contributed by atoms with E-state index in [2.05, 4.69) is 5.43 Å². The van der Waals surface area contributed by atoms with Crippen LogP contribution in [0.25, 0.3) is 0 Å². The quantitative estimate of drug-likeness (QED) is 0.293. The number of hydrogen-bond donors (Lipinski definition) is 2. The average molecular weight is 455 g/mol. The average Bonchev–Trinajstić information content (AvgIpc) is 2.91. The zero-order valence-corrected chi connectivity index (χ0v) is 16.3. The van der Waals surface area contributed by atoms with Crippen LogP contribution in [-0.4, -0.2) is 26.4 Å².